The van der Waals surface area contributed by atoms with Gasteiger partial charge in [0.25, 0.3) is 0 Å². The highest BCUT2D eigenvalue weighted by Gasteiger charge is 2.25. The summed E-state index contributed by atoms with van der Waals surface area (Å²) < 4.78 is 24.0. The Kier molecular flexibility index (Phi) is 7.61. The first-order chi connectivity index (χ1) is 16.3. The van der Waals surface area contributed by atoms with Crippen LogP contribution in [0, 0.1) is 5.41 Å². The molecule has 1 atom stereocenters. The zero-order valence-electron chi connectivity index (χ0n) is 20.3. The Morgan fingerprint density at radius 1 is 1.24 bits per heavy atom. The second kappa shape index (κ2) is 10.6. The SMILES string of the molecule is CC(C)(C)C(=O)Oc1ccc2c(c1)CCCC=C2c1cnc(O[C@H]2CCN(CCCF)C2)nc1. The minimum absolute atomic E-state index is 0.0394. The Balaban J connectivity index is 1.45. The Hall–Kier alpha value is -2.80. The van der Waals surface area contributed by atoms with Gasteiger partial charge >= 0.3 is 12.0 Å². The second-order valence-corrected chi connectivity index (χ2v) is 10.1. The molecule has 1 saturated heterocycles. The average Bonchev–Trinajstić information content (AvgIpc) is 3.14. The van der Waals surface area contributed by atoms with Crippen LogP contribution in [0.15, 0.2) is 36.7 Å². The molecule has 2 heterocycles. The van der Waals surface area contributed by atoms with Gasteiger partial charge < -0.3 is 9.47 Å². The highest BCUT2D eigenvalue weighted by atomic mass is 19.1. The second-order valence-electron chi connectivity index (χ2n) is 10.1. The first-order valence-corrected chi connectivity index (χ1v) is 12.2. The summed E-state index contributed by atoms with van der Waals surface area (Å²) in [6.45, 7) is 7.73. The van der Waals surface area contributed by atoms with Gasteiger partial charge in [0.1, 0.15) is 11.9 Å². The zero-order chi connectivity index (χ0) is 24.1. The summed E-state index contributed by atoms with van der Waals surface area (Å²) in [6.07, 6.45) is 10.3. The number of aromatic nitrogens is 2. The molecule has 0 bridgehead atoms. The molecule has 2 aromatic rings. The zero-order valence-corrected chi connectivity index (χ0v) is 20.3. The maximum absolute atomic E-state index is 12.4. The van der Waals surface area contributed by atoms with Crippen LogP contribution in [0.5, 0.6) is 11.8 Å². The highest BCUT2D eigenvalue weighted by molar-refractivity contribution is 5.82. The number of halogens is 1. The molecule has 6 nitrogen and oxygen atoms in total. The fourth-order valence-corrected chi connectivity index (χ4v) is 4.33. The molecule has 1 aliphatic carbocycles. The number of fused-ring (bicyclic) bond motifs is 1. The van der Waals surface area contributed by atoms with Crippen molar-refractivity contribution in [2.75, 3.05) is 26.3 Å². The van der Waals surface area contributed by atoms with Crippen molar-refractivity contribution in [1.82, 2.24) is 14.9 Å². The van der Waals surface area contributed by atoms with Gasteiger partial charge in [-0.1, -0.05) is 12.1 Å². The summed E-state index contributed by atoms with van der Waals surface area (Å²) in [7, 11) is 0. The van der Waals surface area contributed by atoms with E-state index < -0.39 is 5.41 Å². The number of hydrogen-bond acceptors (Lipinski definition) is 6. The van der Waals surface area contributed by atoms with E-state index in [1.165, 1.54) is 0 Å². The predicted octanol–water partition coefficient (Wildman–Crippen LogP) is 5.01. The van der Waals surface area contributed by atoms with Crippen LogP contribution in [-0.2, 0) is 11.2 Å². The lowest BCUT2D eigenvalue weighted by molar-refractivity contribution is -0.143. The van der Waals surface area contributed by atoms with Crippen molar-refractivity contribution in [1.29, 1.82) is 0 Å². The van der Waals surface area contributed by atoms with Crippen molar-refractivity contribution in [2.45, 2.75) is 59.0 Å². The van der Waals surface area contributed by atoms with E-state index >= 15 is 0 Å². The number of benzene rings is 1. The van der Waals surface area contributed by atoms with Crippen LogP contribution in [0.3, 0.4) is 0 Å². The molecule has 1 fully saturated rings. The van der Waals surface area contributed by atoms with E-state index in [1.807, 2.05) is 51.4 Å². The van der Waals surface area contributed by atoms with Crippen molar-refractivity contribution in [3.05, 3.63) is 53.4 Å². The smallest absolute Gasteiger partial charge is 0.316 e. The number of nitrogens with zero attached hydrogens (tertiary/aromatic N) is 3. The number of likely N-dealkylation sites (tertiary alicyclic amines) is 1. The van der Waals surface area contributed by atoms with E-state index in [9.17, 15) is 9.18 Å². The molecule has 0 saturated carbocycles. The van der Waals surface area contributed by atoms with Crippen LogP contribution in [-0.4, -0.2) is 53.2 Å². The molecule has 1 aromatic carbocycles. The molecule has 34 heavy (non-hydrogen) atoms. The lowest BCUT2D eigenvalue weighted by Gasteiger charge is -2.18. The van der Waals surface area contributed by atoms with Crippen LogP contribution in [0.25, 0.3) is 5.57 Å². The molecule has 7 heteroatoms. The standard InChI is InChI=1S/C27H34FN3O3/c1-27(2,3)25(32)33-21-9-10-24-19(15-21)7-4-5-8-23(24)20-16-29-26(30-17-20)34-22-11-14-31(18-22)13-6-12-28/h8-10,15-17,22H,4-7,11-14,18H2,1-3H3/t22-/m0/s1. The number of rotatable bonds is 7. The maximum atomic E-state index is 12.4. The van der Waals surface area contributed by atoms with E-state index in [0.29, 0.717) is 18.2 Å². The van der Waals surface area contributed by atoms with Gasteiger partial charge in [-0.05, 0) is 81.7 Å². The number of esters is 1. The Morgan fingerprint density at radius 2 is 2.03 bits per heavy atom. The molecule has 0 amide bonds. The molecular formula is C27H34FN3O3. The fraction of sp³-hybridized carbons (Fsp3) is 0.519. The number of aryl methyl sites for hydroxylation is 1. The third-order valence-electron chi connectivity index (χ3n) is 6.24. The monoisotopic (exact) mass is 467 g/mol. The summed E-state index contributed by atoms with van der Waals surface area (Å²) in [6, 6.07) is 6.23. The van der Waals surface area contributed by atoms with Crippen molar-refractivity contribution < 1.29 is 18.7 Å². The van der Waals surface area contributed by atoms with E-state index in [-0.39, 0.29) is 18.7 Å². The topological polar surface area (TPSA) is 64.6 Å². The van der Waals surface area contributed by atoms with Gasteiger partial charge in [-0.15, -0.1) is 0 Å². The van der Waals surface area contributed by atoms with Gasteiger partial charge in [-0.2, -0.15) is 0 Å². The molecule has 0 unspecified atom stereocenters. The molecule has 1 aliphatic heterocycles. The summed E-state index contributed by atoms with van der Waals surface area (Å²) in [5, 5.41) is 0. The van der Waals surface area contributed by atoms with Crippen molar-refractivity contribution in [3.8, 4) is 11.8 Å². The number of allylic oxidation sites excluding steroid dienone is 1. The van der Waals surface area contributed by atoms with E-state index in [4.69, 9.17) is 9.47 Å². The lowest BCUT2D eigenvalue weighted by Crippen LogP contribution is -2.26. The quantitative estimate of drug-likeness (QED) is 0.421. The Morgan fingerprint density at radius 3 is 2.76 bits per heavy atom. The number of hydrogen-bond donors (Lipinski definition) is 0. The predicted molar refractivity (Wildman–Crippen MR) is 130 cm³/mol. The van der Waals surface area contributed by atoms with Crippen LogP contribution >= 0.6 is 0 Å². The summed E-state index contributed by atoms with van der Waals surface area (Å²) in [4.78, 5) is 23.5. The number of alkyl halides is 1. The van der Waals surface area contributed by atoms with Crippen LogP contribution in [0.1, 0.15) is 63.1 Å². The van der Waals surface area contributed by atoms with Gasteiger partial charge in [0, 0.05) is 37.6 Å². The Bertz CT molecular complexity index is 1030. The minimum atomic E-state index is -0.551. The highest BCUT2D eigenvalue weighted by Crippen LogP contribution is 2.33. The third-order valence-corrected chi connectivity index (χ3v) is 6.24. The normalized spacial score (nSPS) is 18.7. The first-order valence-electron chi connectivity index (χ1n) is 12.2. The molecule has 182 valence electrons. The molecular weight excluding hydrogens is 433 g/mol. The molecule has 2 aliphatic rings. The number of carbonyl (C=O) groups is 1. The van der Waals surface area contributed by atoms with Crippen molar-refractivity contribution in [3.63, 3.8) is 0 Å². The third kappa shape index (κ3) is 6.00. The van der Waals surface area contributed by atoms with Crippen LogP contribution in [0.2, 0.25) is 0 Å². The van der Waals surface area contributed by atoms with Crippen molar-refractivity contribution >= 4 is 11.5 Å². The molecule has 0 spiro atoms. The fourth-order valence-electron chi connectivity index (χ4n) is 4.33. The van der Waals surface area contributed by atoms with E-state index in [0.717, 1.165) is 67.6 Å². The van der Waals surface area contributed by atoms with Gasteiger partial charge in [-0.3, -0.25) is 14.1 Å². The van der Waals surface area contributed by atoms with Gasteiger partial charge in [0.15, 0.2) is 0 Å². The van der Waals surface area contributed by atoms with Crippen molar-refractivity contribution in [2.24, 2.45) is 5.41 Å². The summed E-state index contributed by atoms with van der Waals surface area (Å²) >= 11 is 0. The van der Waals surface area contributed by atoms with Crippen LogP contribution in [0.4, 0.5) is 4.39 Å². The first kappa shape index (κ1) is 24.3. The van der Waals surface area contributed by atoms with E-state index in [2.05, 4.69) is 20.9 Å². The molecule has 4 rings (SSSR count). The number of carbonyl (C=O) groups excluding carboxylic acids is 1. The summed E-state index contributed by atoms with van der Waals surface area (Å²) in [5.41, 5.74) is 3.74. The van der Waals surface area contributed by atoms with Crippen LogP contribution < -0.4 is 9.47 Å². The number of ether oxygens (including phenoxy) is 2. The molecule has 0 N–H and O–H groups in total. The van der Waals surface area contributed by atoms with Gasteiger partial charge in [0.2, 0.25) is 0 Å². The summed E-state index contributed by atoms with van der Waals surface area (Å²) in [5.74, 6) is 0.339. The van der Waals surface area contributed by atoms with Gasteiger partial charge in [0.05, 0.1) is 12.1 Å². The lowest BCUT2D eigenvalue weighted by atomic mass is 9.95. The Labute approximate surface area is 201 Å². The maximum Gasteiger partial charge on any atom is 0.316 e. The molecule has 0 radical (unpaired) electrons. The largest absolute Gasteiger partial charge is 0.459 e. The van der Waals surface area contributed by atoms with Gasteiger partial charge in [-0.25, -0.2) is 9.97 Å². The average molecular weight is 468 g/mol. The molecule has 1 aromatic heterocycles. The van der Waals surface area contributed by atoms with E-state index in [1.54, 1.807) is 0 Å². The minimum Gasteiger partial charge on any atom is -0.459 e.